The lowest BCUT2D eigenvalue weighted by Gasteiger charge is -2.21. The van der Waals surface area contributed by atoms with Crippen molar-refractivity contribution in [2.75, 3.05) is 6.61 Å². The van der Waals surface area contributed by atoms with Crippen molar-refractivity contribution in [3.05, 3.63) is 59.7 Å². The first kappa shape index (κ1) is 25.1. The first-order chi connectivity index (χ1) is 16.3. The summed E-state index contributed by atoms with van der Waals surface area (Å²) in [4.78, 5) is 35.5. The van der Waals surface area contributed by atoms with E-state index in [4.69, 9.17) is 9.84 Å². The van der Waals surface area contributed by atoms with Crippen LogP contribution >= 0.6 is 0 Å². The maximum absolute atomic E-state index is 13.5. The van der Waals surface area contributed by atoms with E-state index in [1.165, 1.54) is 0 Å². The lowest BCUT2D eigenvalue weighted by Crippen LogP contribution is -2.46. The van der Waals surface area contributed by atoms with E-state index in [1.54, 1.807) is 0 Å². The van der Waals surface area contributed by atoms with Crippen LogP contribution < -0.4 is 10.6 Å². The molecule has 1 unspecified atom stereocenters. The van der Waals surface area contributed by atoms with Crippen molar-refractivity contribution in [1.29, 1.82) is 0 Å². The van der Waals surface area contributed by atoms with Gasteiger partial charge in [-0.3, -0.25) is 9.59 Å². The molecule has 9 heteroatoms. The summed E-state index contributed by atoms with van der Waals surface area (Å²) in [5, 5.41) is 13.5. The number of carbonyl (C=O) groups is 3. The number of carboxylic acids is 1. The summed E-state index contributed by atoms with van der Waals surface area (Å²) >= 11 is 0. The van der Waals surface area contributed by atoms with E-state index in [0.717, 1.165) is 22.3 Å². The molecule has 0 heterocycles. The van der Waals surface area contributed by atoms with Crippen LogP contribution in [0.2, 0.25) is 0 Å². The maximum Gasteiger partial charge on any atom is 0.407 e. The highest BCUT2D eigenvalue weighted by molar-refractivity contribution is 5.80. The van der Waals surface area contributed by atoms with Gasteiger partial charge < -0.3 is 20.5 Å². The van der Waals surface area contributed by atoms with Crippen LogP contribution in [0.3, 0.4) is 0 Å². The maximum atomic E-state index is 13.5. The van der Waals surface area contributed by atoms with Crippen LogP contribution in [-0.2, 0) is 14.3 Å². The number of alkyl carbamates (subject to hydrolysis) is 1. The number of amides is 2. The van der Waals surface area contributed by atoms with Gasteiger partial charge in [0, 0.05) is 12.0 Å². The highest BCUT2D eigenvalue weighted by Crippen LogP contribution is 2.44. The van der Waals surface area contributed by atoms with Gasteiger partial charge in [-0.2, -0.15) is 0 Å². The summed E-state index contributed by atoms with van der Waals surface area (Å²) in [5.74, 6) is -2.08. The third kappa shape index (κ3) is 6.30. The molecule has 2 amide bonds. The van der Waals surface area contributed by atoms with Crippen LogP contribution in [0.25, 0.3) is 11.1 Å². The Morgan fingerprint density at radius 1 is 0.971 bits per heavy atom. The Hall–Kier alpha value is -3.49. The number of hydrogen-bond donors (Lipinski definition) is 3. The van der Waals surface area contributed by atoms with Crippen LogP contribution in [0.15, 0.2) is 48.5 Å². The number of nitrogens with one attached hydrogen (secondary N) is 2. The number of fused-ring (bicyclic) bond motifs is 3. The Labute approximate surface area is 196 Å². The van der Waals surface area contributed by atoms with E-state index < -0.39 is 42.9 Å². The van der Waals surface area contributed by atoms with Crippen molar-refractivity contribution < 1.29 is 33.0 Å². The molecule has 0 aliphatic heterocycles. The van der Waals surface area contributed by atoms with E-state index in [1.807, 2.05) is 55.5 Å². The molecule has 3 rings (SSSR count). The largest absolute Gasteiger partial charge is 0.481 e. The molecule has 7 nitrogen and oxygen atoms in total. The third-order valence-corrected chi connectivity index (χ3v) is 5.78. The minimum atomic E-state index is -3.00. The van der Waals surface area contributed by atoms with Gasteiger partial charge in [-0.1, -0.05) is 61.9 Å². The average molecular weight is 475 g/mol. The molecule has 2 aromatic rings. The number of alkyl halides is 2. The zero-order valence-corrected chi connectivity index (χ0v) is 18.8. The van der Waals surface area contributed by atoms with Crippen LogP contribution in [0.4, 0.5) is 13.6 Å². The van der Waals surface area contributed by atoms with Crippen molar-refractivity contribution in [1.82, 2.24) is 10.6 Å². The van der Waals surface area contributed by atoms with Crippen molar-refractivity contribution in [3.63, 3.8) is 0 Å². The fraction of sp³-hybridized carbons (Fsp3) is 0.400. The van der Waals surface area contributed by atoms with Crippen molar-refractivity contribution in [2.45, 2.75) is 57.0 Å². The quantitative estimate of drug-likeness (QED) is 0.450. The molecule has 0 aromatic heterocycles. The highest BCUT2D eigenvalue weighted by atomic mass is 19.3. The molecular weight excluding hydrogens is 446 g/mol. The van der Waals surface area contributed by atoms with Gasteiger partial charge in [-0.15, -0.1) is 0 Å². The predicted octanol–water partition coefficient (Wildman–Crippen LogP) is 4.31. The molecule has 0 radical (unpaired) electrons. The van der Waals surface area contributed by atoms with E-state index in [2.05, 4.69) is 10.6 Å². The topological polar surface area (TPSA) is 105 Å². The molecule has 3 N–H and O–H groups in total. The normalized spacial score (nSPS) is 14.1. The minimum absolute atomic E-state index is 0.0425. The third-order valence-electron chi connectivity index (χ3n) is 5.78. The summed E-state index contributed by atoms with van der Waals surface area (Å²) in [7, 11) is 0. The molecule has 0 fully saturated rings. The van der Waals surface area contributed by atoms with Crippen LogP contribution in [-0.4, -0.2) is 48.2 Å². The molecule has 34 heavy (non-hydrogen) atoms. The number of hydrogen-bond acceptors (Lipinski definition) is 4. The van der Waals surface area contributed by atoms with Gasteiger partial charge in [0.2, 0.25) is 5.91 Å². The second-order valence-corrected chi connectivity index (χ2v) is 8.27. The lowest BCUT2D eigenvalue weighted by molar-refractivity contribution is -0.137. The van der Waals surface area contributed by atoms with E-state index in [-0.39, 0.29) is 18.9 Å². The van der Waals surface area contributed by atoms with Crippen LogP contribution in [0, 0.1) is 0 Å². The SMILES string of the molecule is CCC[C@H](CC(=O)O)NC(=O)CC(NC(=O)OCC1c2ccccc2-c2ccccc21)C(F)F. The monoisotopic (exact) mass is 474 g/mol. The summed E-state index contributed by atoms with van der Waals surface area (Å²) < 4.78 is 32.3. The second kappa shape index (κ2) is 11.6. The van der Waals surface area contributed by atoms with Crippen molar-refractivity contribution in [2.24, 2.45) is 0 Å². The number of carboxylic acid groups (broad SMARTS) is 1. The first-order valence-electron chi connectivity index (χ1n) is 11.2. The summed E-state index contributed by atoms with van der Waals surface area (Å²) in [6, 6.07) is 13.0. The van der Waals surface area contributed by atoms with Gasteiger partial charge in [0.05, 0.1) is 12.8 Å². The Morgan fingerprint density at radius 3 is 2.09 bits per heavy atom. The number of rotatable bonds is 11. The summed E-state index contributed by atoms with van der Waals surface area (Å²) in [5.41, 5.74) is 4.05. The van der Waals surface area contributed by atoms with E-state index in [0.29, 0.717) is 12.8 Å². The van der Waals surface area contributed by atoms with Gasteiger partial charge in [0.15, 0.2) is 0 Å². The van der Waals surface area contributed by atoms with Crippen molar-refractivity contribution >= 4 is 18.0 Å². The number of aliphatic carboxylic acids is 1. The Bertz CT molecular complexity index is 984. The average Bonchev–Trinajstić information content (AvgIpc) is 3.10. The predicted molar refractivity (Wildman–Crippen MR) is 122 cm³/mol. The zero-order valence-electron chi connectivity index (χ0n) is 18.8. The molecule has 2 atom stereocenters. The molecule has 2 aromatic carbocycles. The molecule has 1 aliphatic rings. The second-order valence-electron chi connectivity index (χ2n) is 8.27. The molecule has 0 bridgehead atoms. The molecular formula is C25H28F2N2O5. The number of ether oxygens (including phenoxy) is 1. The molecule has 1 aliphatic carbocycles. The fourth-order valence-corrected chi connectivity index (χ4v) is 4.27. The Morgan fingerprint density at radius 2 is 1.56 bits per heavy atom. The minimum Gasteiger partial charge on any atom is -0.481 e. The number of carbonyl (C=O) groups excluding carboxylic acids is 2. The standard InChI is InChI=1S/C25H28F2N2O5/c1-2-7-15(12-23(31)32)28-22(30)13-21(24(26)27)29-25(33)34-14-20-18-10-5-3-8-16(18)17-9-4-6-11-19(17)20/h3-6,8-11,15,20-21,24H,2,7,12-14H2,1H3,(H,28,30)(H,29,33)(H,31,32)/t15-,21?/m1/s1. The molecule has 0 saturated carbocycles. The lowest BCUT2D eigenvalue weighted by atomic mass is 9.98. The number of benzene rings is 2. The fourth-order valence-electron chi connectivity index (χ4n) is 4.27. The smallest absolute Gasteiger partial charge is 0.407 e. The highest BCUT2D eigenvalue weighted by Gasteiger charge is 2.31. The molecule has 0 spiro atoms. The van der Waals surface area contributed by atoms with Crippen LogP contribution in [0.5, 0.6) is 0 Å². The van der Waals surface area contributed by atoms with Crippen molar-refractivity contribution in [3.8, 4) is 11.1 Å². The summed E-state index contributed by atoms with van der Waals surface area (Å²) in [6.45, 7) is 1.78. The van der Waals surface area contributed by atoms with Crippen LogP contribution in [0.1, 0.15) is 49.7 Å². The molecule has 182 valence electrons. The van der Waals surface area contributed by atoms with Gasteiger partial charge in [-0.05, 0) is 28.7 Å². The number of halogens is 2. The Balaban J connectivity index is 1.58. The first-order valence-corrected chi connectivity index (χ1v) is 11.2. The van der Waals surface area contributed by atoms with E-state index in [9.17, 15) is 23.2 Å². The van der Waals surface area contributed by atoms with Gasteiger partial charge in [0.25, 0.3) is 6.43 Å². The van der Waals surface area contributed by atoms with E-state index >= 15 is 0 Å². The van der Waals surface area contributed by atoms with Gasteiger partial charge >= 0.3 is 12.1 Å². The molecule has 0 saturated heterocycles. The van der Waals surface area contributed by atoms with Gasteiger partial charge in [0.1, 0.15) is 12.6 Å². The van der Waals surface area contributed by atoms with Gasteiger partial charge in [-0.25, -0.2) is 13.6 Å². The zero-order chi connectivity index (χ0) is 24.7. The Kier molecular flexibility index (Phi) is 8.56. The summed E-state index contributed by atoms with van der Waals surface area (Å²) in [6.07, 6.45) is -4.03.